The minimum atomic E-state index is -0.0785. The second kappa shape index (κ2) is 8.02. The summed E-state index contributed by atoms with van der Waals surface area (Å²) in [7, 11) is 1.90. The summed E-state index contributed by atoms with van der Waals surface area (Å²) < 4.78 is 0. The average molecular weight is 382 g/mol. The maximum atomic E-state index is 12.2. The molecule has 3 aromatic rings. The predicted molar refractivity (Wildman–Crippen MR) is 109 cm³/mol. The highest BCUT2D eigenvalue weighted by atomic mass is 32.1. The maximum absolute atomic E-state index is 12.2. The summed E-state index contributed by atoms with van der Waals surface area (Å²) in [5.74, 6) is 1.87. The fourth-order valence-corrected chi connectivity index (χ4v) is 4.36. The van der Waals surface area contributed by atoms with Crippen molar-refractivity contribution in [1.82, 2.24) is 19.9 Å². The third-order valence-electron chi connectivity index (χ3n) is 4.96. The largest absolute Gasteiger partial charge is 0.373 e. The van der Waals surface area contributed by atoms with Gasteiger partial charge in [-0.1, -0.05) is 12.1 Å². The van der Waals surface area contributed by atoms with E-state index in [1.54, 1.807) is 23.6 Å². The summed E-state index contributed by atoms with van der Waals surface area (Å²) in [6, 6.07) is 9.71. The van der Waals surface area contributed by atoms with E-state index in [0.29, 0.717) is 5.82 Å². The Morgan fingerprint density at radius 2 is 2.30 bits per heavy atom. The first-order chi connectivity index (χ1) is 13.2. The Hall–Kier alpha value is -2.51. The van der Waals surface area contributed by atoms with E-state index in [0.717, 1.165) is 48.9 Å². The number of thiophene rings is 1. The Kier molecular flexibility index (Phi) is 5.31. The lowest BCUT2D eigenvalue weighted by Crippen LogP contribution is -2.35. The van der Waals surface area contributed by atoms with Crippen LogP contribution < -0.4 is 10.9 Å². The van der Waals surface area contributed by atoms with Crippen molar-refractivity contribution in [3.8, 4) is 10.7 Å². The van der Waals surface area contributed by atoms with Crippen LogP contribution in [-0.2, 0) is 6.54 Å². The summed E-state index contributed by atoms with van der Waals surface area (Å²) in [5, 5.41) is 5.16. The molecule has 1 unspecified atom stereocenters. The predicted octanol–water partition coefficient (Wildman–Crippen LogP) is 3.31. The third kappa shape index (κ3) is 4.09. The van der Waals surface area contributed by atoms with Gasteiger partial charge in [0.1, 0.15) is 11.6 Å². The number of nitrogens with zero attached hydrogens (tertiary/aromatic N) is 3. The van der Waals surface area contributed by atoms with Crippen LogP contribution in [0.15, 0.2) is 46.7 Å². The molecule has 1 aliphatic heterocycles. The molecule has 7 heteroatoms. The van der Waals surface area contributed by atoms with Gasteiger partial charge in [-0.15, -0.1) is 11.3 Å². The minimum absolute atomic E-state index is 0.0785. The molecule has 4 rings (SSSR count). The minimum Gasteiger partial charge on any atom is -0.373 e. The van der Waals surface area contributed by atoms with Crippen LogP contribution in [0.4, 0.5) is 5.82 Å². The van der Waals surface area contributed by atoms with Gasteiger partial charge in [0.15, 0.2) is 0 Å². The molecule has 6 nitrogen and oxygen atoms in total. The number of aromatic amines is 1. The van der Waals surface area contributed by atoms with Gasteiger partial charge in [-0.2, -0.15) is 0 Å². The van der Waals surface area contributed by atoms with Gasteiger partial charge in [-0.25, -0.2) is 9.97 Å². The molecule has 2 N–H and O–H groups in total. The molecule has 0 amide bonds. The van der Waals surface area contributed by atoms with Crippen LogP contribution in [0.25, 0.3) is 10.7 Å². The van der Waals surface area contributed by atoms with Crippen LogP contribution in [0.2, 0.25) is 0 Å². The molecule has 0 aromatic carbocycles. The van der Waals surface area contributed by atoms with Crippen LogP contribution in [0.3, 0.4) is 0 Å². The zero-order chi connectivity index (χ0) is 18.6. The van der Waals surface area contributed by atoms with Gasteiger partial charge in [0.25, 0.3) is 5.56 Å². The third-order valence-corrected chi connectivity index (χ3v) is 5.84. The van der Waals surface area contributed by atoms with Crippen molar-refractivity contribution in [1.29, 1.82) is 0 Å². The molecule has 1 fully saturated rings. The first-order valence-corrected chi connectivity index (χ1v) is 10.1. The monoisotopic (exact) mass is 381 g/mol. The molecule has 1 atom stereocenters. The molecule has 1 saturated heterocycles. The molecule has 1 aliphatic rings. The number of piperidine rings is 1. The summed E-state index contributed by atoms with van der Waals surface area (Å²) in [6.45, 7) is 2.80. The van der Waals surface area contributed by atoms with E-state index in [-0.39, 0.29) is 11.5 Å². The van der Waals surface area contributed by atoms with Gasteiger partial charge in [-0.05, 0) is 36.9 Å². The Balaban J connectivity index is 1.54. The molecule has 0 saturated carbocycles. The number of likely N-dealkylation sites (tertiary alicyclic amines) is 1. The van der Waals surface area contributed by atoms with E-state index in [4.69, 9.17) is 4.98 Å². The summed E-state index contributed by atoms with van der Waals surface area (Å²) >= 11 is 1.59. The van der Waals surface area contributed by atoms with Crippen molar-refractivity contribution in [2.45, 2.75) is 25.3 Å². The Morgan fingerprint density at radius 1 is 1.37 bits per heavy atom. The molecule has 4 heterocycles. The zero-order valence-electron chi connectivity index (χ0n) is 15.3. The van der Waals surface area contributed by atoms with Crippen molar-refractivity contribution < 1.29 is 0 Å². The summed E-state index contributed by atoms with van der Waals surface area (Å²) in [5.41, 5.74) is 2.01. The van der Waals surface area contributed by atoms with E-state index in [9.17, 15) is 4.79 Å². The summed E-state index contributed by atoms with van der Waals surface area (Å²) in [6.07, 6.45) is 3.96. The number of nitrogens with one attached hydrogen (secondary N) is 2. The highest BCUT2D eigenvalue weighted by molar-refractivity contribution is 7.13. The molecule has 0 aliphatic carbocycles. The van der Waals surface area contributed by atoms with Gasteiger partial charge in [-0.3, -0.25) is 9.69 Å². The lowest BCUT2D eigenvalue weighted by Gasteiger charge is -2.32. The molecular weight excluding hydrogens is 358 g/mol. The van der Waals surface area contributed by atoms with Crippen molar-refractivity contribution in [2.75, 3.05) is 25.5 Å². The molecule has 3 aromatic heterocycles. The quantitative estimate of drug-likeness (QED) is 0.709. The SMILES string of the molecule is CNc1ncccc1CN1CCCC(c2cc(=O)[nH]c(-c3cccs3)n2)C1. The van der Waals surface area contributed by atoms with Crippen molar-refractivity contribution >= 4 is 17.2 Å². The van der Waals surface area contributed by atoms with E-state index < -0.39 is 0 Å². The second-order valence-corrected chi connectivity index (χ2v) is 7.78. The van der Waals surface area contributed by atoms with E-state index >= 15 is 0 Å². The standard InChI is InChI=1S/C20H23N5OS/c1-21-19-15(5-2-8-22-19)13-25-9-3-6-14(12-25)16-11-18(26)24-20(23-16)17-7-4-10-27-17/h2,4-5,7-8,10-11,14H,3,6,9,12-13H2,1H3,(H,21,22)(H,23,24,26). The van der Waals surface area contributed by atoms with E-state index in [2.05, 4.69) is 26.3 Å². The fraction of sp³-hybridized carbons (Fsp3) is 0.350. The number of aromatic nitrogens is 3. The normalized spacial score (nSPS) is 17.7. The van der Waals surface area contributed by atoms with Crippen LogP contribution in [0, 0.1) is 0 Å². The van der Waals surface area contributed by atoms with E-state index in [1.807, 2.05) is 30.6 Å². The number of anilines is 1. The lowest BCUT2D eigenvalue weighted by molar-refractivity contribution is 0.198. The number of rotatable bonds is 5. The molecule has 140 valence electrons. The summed E-state index contributed by atoms with van der Waals surface area (Å²) in [4.78, 5) is 27.7. The average Bonchev–Trinajstić information content (AvgIpc) is 3.23. The van der Waals surface area contributed by atoms with Gasteiger partial charge in [0, 0.05) is 43.9 Å². The van der Waals surface area contributed by atoms with Crippen molar-refractivity contribution in [3.63, 3.8) is 0 Å². The first kappa shape index (κ1) is 17.9. The number of H-pyrrole nitrogens is 1. The fourth-order valence-electron chi connectivity index (χ4n) is 3.69. The molecule has 0 bridgehead atoms. The topological polar surface area (TPSA) is 73.9 Å². The molecule has 0 radical (unpaired) electrons. The molecule has 27 heavy (non-hydrogen) atoms. The van der Waals surface area contributed by atoms with Crippen LogP contribution >= 0.6 is 11.3 Å². The Bertz CT molecular complexity index is 953. The Labute approximate surface area is 162 Å². The van der Waals surface area contributed by atoms with Crippen LogP contribution in [0.1, 0.15) is 30.0 Å². The van der Waals surface area contributed by atoms with Crippen LogP contribution in [-0.4, -0.2) is 40.0 Å². The van der Waals surface area contributed by atoms with Gasteiger partial charge in [0.2, 0.25) is 0 Å². The smallest absolute Gasteiger partial charge is 0.251 e. The molecular formula is C20H23N5OS. The lowest BCUT2D eigenvalue weighted by atomic mass is 9.94. The Morgan fingerprint density at radius 3 is 3.11 bits per heavy atom. The van der Waals surface area contributed by atoms with Gasteiger partial charge < -0.3 is 10.3 Å². The van der Waals surface area contributed by atoms with Crippen molar-refractivity contribution in [3.05, 3.63) is 63.5 Å². The number of hydrogen-bond donors (Lipinski definition) is 2. The highest BCUT2D eigenvalue weighted by Gasteiger charge is 2.24. The maximum Gasteiger partial charge on any atom is 0.251 e. The van der Waals surface area contributed by atoms with Gasteiger partial charge >= 0.3 is 0 Å². The number of pyridine rings is 1. The van der Waals surface area contributed by atoms with Crippen LogP contribution in [0.5, 0.6) is 0 Å². The van der Waals surface area contributed by atoms with E-state index in [1.165, 1.54) is 5.56 Å². The van der Waals surface area contributed by atoms with Crippen molar-refractivity contribution in [2.24, 2.45) is 0 Å². The first-order valence-electron chi connectivity index (χ1n) is 9.22. The van der Waals surface area contributed by atoms with Gasteiger partial charge in [0.05, 0.1) is 10.6 Å². The number of hydrogen-bond acceptors (Lipinski definition) is 6. The second-order valence-electron chi connectivity index (χ2n) is 6.83. The zero-order valence-corrected chi connectivity index (χ0v) is 16.1. The highest BCUT2D eigenvalue weighted by Crippen LogP contribution is 2.28. The molecule has 0 spiro atoms.